The standard InChI is InChI=1S/C25H18ClF3N2O5/c26-17-7-6-15(25(27,28)29)10-18(17)30-19(32)11-36-24(35)14-2-1-3-16(9-14)31-22(33)20-12-4-5-13(8-12)21(20)23(31)34/h1-7,9-10,12-13,20-21H,8,11H2,(H,30,32)/t12-,13-,20+,21+/m0/s1. The lowest BCUT2D eigenvalue weighted by atomic mass is 9.85. The number of allylic oxidation sites excluding steroid dienone is 2. The zero-order chi connectivity index (χ0) is 25.8. The fourth-order valence-electron chi connectivity index (χ4n) is 5.13. The Kier molecular flexibility index (Phi) is 5.86. The Morgan fingerprint density at radius 1 is 1.03 bits per heavy atom. The molecule has 1 heterocycles. The fraction of sp³-hybridized carbons (Fsp3) is 0.280. The highest BCUT2D eigenvalue weighted by atomic mass is 35.5. The van der Waals surface area contributed by atoms with E-state index in [4.69, 9.17) is 16.3 Å². The third-order valence-electron chi connectivity index (χ3n) is 6.71. The zero-order valence-corrected chi connectivity index (χ0v) is 19.2. The van der Waals surface area contributed by atoms with Crippen LogP contribution < -0.4 is 10.2 Å². The first kappa shape index (κ1) is 24.1. The van der Waals surface area contributed by atoms with Crippen molar-refractivity contribution >= 4 is 46.7 Å². The molecule has 3 aliphatic rings. The zero-order valence-electron chi connectivity index (χ0n) is 18.4. The van der Waals surface area contributed by atoms with Gasteiger partial charge in [0.15, 0.2) is 6.61 Å². The van der Waals surface area contributed by atoms with E-state index in [0.717, 1.165) is 23.5 Å². The van der Waals surface area contributed by atoms with Gasteiger partial charge in [0.05, 0.1) is 39.4 Å². The Labute approximate surface area is 207 Å². The van der Waals surface area contributed by atoms with Gasteiger partial charge in [0, 0.05) is 0 Å². The number of hydrogen-bond donors (Lipinski definition) is 1. The summed E-state index contributed by atoms with van der Waals surface area (Å²) in [6, 6.07) is 8.18. The van der Waals surface area contributed by atoms with Crippen LogP contribution in [0.15, 0.2) is 54.6 Å². The molecule has 1 saturated carbocycles. The summed E-state index contributed by atoms with van der Waals surface area (Å²) in [5.74, 6) is -3.13. The van der Waals surface area contributed by atoms with Crippen molar-refractivity contribution < 1.29 is 37.1 Å². The third kappa shape index (κ3) is 4.15. The molecule has 186 valence electrons. The minimum Gasteiger partial charge on any atom is -0.452 e. The molecule has 5 rings (SSSR count). The Morgan fingerprint density at radius 3 is 2.33 bits per heavy atom. The number of nitrogens with zero attached hydrogens (tertiary/aromatic N) is 1. The number of carbonyl (C=O) groups excluding carboxylic acids is 4. The van der Waals surface area contributed by atoms with Crippen LogP contribution in [0.3, 0.4) is 0 Å². The van der Waals surface area contributed by atoms with Gasteiger partial charge >= 0.3 is 12.1 Å². The molecule has 2 aromatic rings. The summed E-state index contributed by atoms with van der Waals surface area (Å²) in [7, 11) is 0. The van der Waals surface area contributed by atoms with Crippen LogP contribution in [-0.4, -0.2) is 30.3 Å². The number of esters is 1. The van der Waals surface area contributed by atoms with Gasteiger partial charge in [-0.1, -0.05) is 29.8 Å². The van der Waals surface area contributed by atoms with E-state index in [0.29, 0.717) is 6.07 Å². The summed E-state index contributed by atoms with van der Waals surface area (Å²) in [5, 5.41) is 2.06. The molecule has 0 spiro atoms. The summed E-state index contributed by atoms with van der Waals surface area (Å²) < 4.78 is 43.7. The number of halogens is 4. The molecular weight excluding hydrogens is 501 g/mol. The van der Waals surface area contributed by atoms with Crippen molar-refractivity contribution in [3.63, 3.8) is 0 Å². The van der Waals surface area contributed by atoms with Gasteiger partial charge in [0.25, 0.3) is 5.91 Å². The summed E-state index contributed by atoms with van der Waals surface area (Å²) in [4.78, 5) is 51.8. The highest BCUT2D eigenvalue weighted by molar-refractivity contribution is 6.33. The first-order valence-corrected chi connectivity index (χ1v) is 11.4. The van der Waals surface area contributed by atoms with Crippen molar-refractivity contribution in [1.29, 1.82) is 0 Å². The number of alkyl halides is 3. The third-order valence-corrected chi connectivity index (χ3v) is 7.04. The molecule has 0 unspecified atom stereocenters. The molecule has 7 nitrogen and oxygen atoms in total. The predicted octanol–water partition coefficient (Wildman–Crippen LogP) is 4.47. The van der Waals surface area contributed by atoms with Gasteiger partial charge in [-0.15, -0.1) is 0 Å². The van der Waals surface area contributed by atoms with Gasteiger partial charge in [0.2, 0.25) is 11.8 Å². The molecule has 36 heavy (non-hydrogen) atoms. The quantitative estimate of drug-likeness (QED) is 0.358. The second-order valence-electron chi connectivity index (χ2n) is 8.88. The van der Waals surface area contributed by atoms with Crippen molar-refractivity contribution in [2.45, 2.75) is 12.6 Å². The highest BCUT2D eigenvalue weighted by Crippen LogP contribution is 2.53. The van der Waals surface area contributed by atoms with Crippen molar-refractivity contribution in [2.24, 2.45) is 23.7 Å². The Morgan fingerprint density at radius 2 is 1.69 bits per heavy atom. The largest absolute Gasteiger partial charge is 0.452 e. The van der Waals surface area contributed by atoms with Gasteiger partial charge < -0.3 is 10.1 Å². The maximum absolute atomic E-state index is 13.0. The van der Waals surface area contributed by atoms with Crippen LogP contribution >= 0.6 is 11.6 Å². The minimum absolute atomic E-state index is 0.00356. The maximum atomic E-state index is 13.0. The number of nitrogens with one attached hydrogen (secondary N) is 1. The monoisotopic (exact) mass is 518 g/mol. The molecule has 1 aliphatic heterocycles. The van der Waals surface area contributed by atoms with E-state index in [9.17, 15) is 32.3 Å². The van der Waals surface area contributed by atoms with Crippen LogP contribution in [0.5, 0.6) is 0 Å². The minimum atomic E-state index is -4.63. The van der Waals surface area contributed by atoms with Crippen molar-refractivity contribution in [1.82, 2.24) is 0 Å². The first-order chi connectivity index (χ1) is 17.0. The average Bonchev–Trinajstić information content (AvgIpc) is 3.52. The van der Waals surface area contributed by atoms with Gasteiger partial charge in [-0.25, -0.2) is 9.69 Å². The second kappa shape index (κ2) is 8.77. The van der Waals surface area contributed by atoms with E-state index in [1.165, 1.54) is 24.3 Å². The van der Waals surface area contributed by atoms with Crippen LogP contribution in [0.4, 0.5) is 24.5 Å². The van der Waals surface area contributed by atoms with Crippen LogP contribution in [0.1, 0.15) is 22.3 Å². The number of ether oxygens (including phenoxy) is 1. The van der Waals surface area contributed by atoms with E-state index in [1.54, 1.807) is 0 Å². The highest BCUT2D eigenvalue weighted by Gasteiger charge is 2.59. The summed E-state index contributed by atoms with van der Waals surface area (Å²) in [6.07, 6.45) is 0.118. The van der Waals surface area contributed by atoms with Crippen LogP contribution in [0.2, 0.25) is 5.02 Å². The van der Waals surface area contributed by atoms with E-state index in [2.05, 4.69) is 5.32 Å². The summed E-state index contributed by atoms with van der Waals surface area (Å²) in [5.41, 5.74) is -1.06. The maximum Gasteiger partial charge on any atom is 0.416 e. The van der Waals surface area contributed by atoms with E-state index in [-0.39, 0.29) is 45.6 Å². The van der Waals surface area contributed by atoms with Crippen molar-refractivity contribution in [3.8, 4) is 0 Å². The van der Waals surface area contributed by atoms with E-state index >= 15 is 0 Å². The number of imide groups is 1. The van der Waals surface area contributed by atoms with Crippen LogP contribution in [-0.2, 0) is 25.3 Å². The number of amides is 3. The molecule has 1 N–H and O–H groups in total. The number of benzene rings is 2. The van der Waals surface area contributed by atoms with Gasteiger partial charge in [0.1, 0.15) is 0 Å². The average molecular weight is 519 g/mol. The molecule has 11 heteroatoms. The Hall–Kier alpha value is -3.66. The smallest absolute Gasteiger partial charge is 0.416 e. The fourth-order valence-corrected chi connectivity index (χ4v) is 5.29. The SMILES string of the molecule is O=C(COC(=O)c1cccc(N2C(=O)[C@H]3[C@H](C2=O)[C@H]2C=C[C@H]3C2)c1)Nc1cc(C(F)(F)F)ccc1Cl. The molecule has 0 radical (unpaired) electrons. The first-order valence-electron chi connectivity index (χ1n) is 11.0. The lowest BCUT2D eigenvalue weighted by molar-refractivity contribution is -0.137. The van der Waals surface area contributed by atoms with Gasteiger partial charge in [-0.2, -0.15) is 13.2 Å². The molecule has 2 bridgehead atoms. The number of rotatable bonds is 5. The lowest BCUT2D eigenvalue weighted by Gasteiger charge is -2.18. The molecule has 3 amide bonds. The number of carbonyl (C=O) groups is 4. The van der Waals surface area contributed by atoms with Crippen molar-refractivity contribution in [3.05, 3.63) is 70.8 Å². The second-order valence-corrected chi connectivity index (χ2v) is 9.29. The summed E-state index contributed by atoms with van der Waals surface area (Å²) in [6.45, 7) is -0.795. The normalized spacial score (nSPS) is 24.3. The molecule has 2 aliphatic carbocycles. The van der Waals surface area contributed by atoms with Gasteiger partial charge in [-0.3, -0.25) is 14.4 Å². The predicted molar refractivity (Wildman–Crippen MR) is 122 cm³/mol. The molecule has 4 atom stereocenters. The van der Waals surface area contributed by atoms with E-state index < -0.39 is 42.1 Å². The van der Waals surface area contributed by atoms with Crippen LogP contribution in [0.25, 0.3) is 0 Å². The summed E-state index contributed by atoms with van der Waals surface area (Å²) >= 11 is 5.86. The van der Waals surface area contributed by atoms with Gasteiger partial charge in [-0.05, 0) is 54.7 Å². The molecule has 0 aromatic heterocycles. The number of anilines is 2. The van der Waals surface area contributed by atoms with Crippen LogP contribution in [0, 0.1) is 23.7 Å². The van der Waals surface area contributed by atoms with Crippen molar-refractivity contribution in [2.75, 3.05) is 16.8 Å². The Bertz CT molecular complexity index is 1300. The Balaban J connectivity index is 1.24. The number of fused-ring (bicyclic) bond motifs is 5. The van der Waals surface area contributed by atoms with E-state index in [1.807, 2.05) is 12.2 Å². The lowest BCUT2D eigenvalue weighted by Crippen LogP contribution is -2.33. The molecule has 2 fully saturated rings. The molecule has 1 saturated heterocycles. The molecular formula is C25H18ClF3N2O5. The molecule has 2 aromatic carbocycles. The topological polar surface area (TPSA) is 92.8 Å². The number of hydrogen-bond acceptors (Lipinski definition) is 5.